The average molecular weight is 400 g/mol. The zero-order valence-corrected chi connectivity index (χ0v) is 17.3. The molecule has 0 saturated carbocycles. The number of hydrogen-bond donors (Lipinski definition) is 1. The van der Waals surface area contributed by atoms with Gasteiger partial charge in [-0.05, 0) is 23.3 Å². The summed E-state index contributed by atoms with van der Waals surface area (Å²) in [5.74, 6) is 0.0956. The lowest BCUT2D eigenvalue weighted by atomic mass is 9.98. The highest BCUT2D eigenvalue weighted by Gasteiger charge is 2.20. The lowest BCUT2D eigenvalue weighted by Crippen LogP contribution is -2.47. The van der Waals surface area contributed by atoms with Gasteiger partial charge in [0.15, 0.2) is 0 Å². The maximum Gasteiger partial charge on any atom is 0.222 e. The molecule has 0 spiro atoms. The van der Waals surface area contributed by atoms with E-state index in [1.807, 2.05) is 36.4 Å². The van der Waals surface area contributed by atoms with E-state index >= 15 is 0 Å². The number of nitrogens with zero attached hydrogens (tertiary/aromatic N) is 2. The summed E-state index contributed by atoms with van der Waals surface area (Å²) in [5.41, 5.74) is 3.49. The molecule has 0 atom stereocenters. The van der Waals surface area contributed by atoms with Crippen LogP contribution in [0.15, 0.2) is 91.0 Å². The number of nitrogens with one attached hydrogen (secondary N) is 1. The molecule has 1 aliphatic heterocycles. The molecule has 4 rings (SSSR count). The first kappa shape index (κ1) is 20.2. The van der Waals surface area contributed by atoms with E-state index in [9.17, 15) is 4.79 Å². The van der Waals surface area contributed by atoms with Gasteiger partial charge in [0.25, 0.3) is 0 Å². The molecule has 1 heterocycles. The summed E-state index contributed by atoms with van der Waals surface area (Å²) in [6, 6.07) is 30.8. The third-order valence-electron chi connectivity index (χ3n) is 5.72. The van der Waals surface area contributed by atoms with Crippen LogP contribution >= 0.6 is 0 Å². The van der Waals surface area contributed by atoms with E-state index in [2.05, 4.69) is 69.7 Å². The van der Waals surface area contributed by atoms with E-state index in [1.165, 1.54) is 5.69 Å². The number of para-hydroxylation sites is 1. The van der Waals surface area contributed by atoms with E-state index in [0.717, 1.165) is 43.9 Å². The van der Waals surface area contributed by atoms with Crippen LogP contribution in [0.1, 0.15) is 23.6 Å². The second-order valence-corrected chi connectivity index (χ2v) is 7.74. The summed E-state index contributed by atoms with van der Waals surface area (Å²) >= 11 is 0. The highest BCUT2D eigenvalue weighted by molar-refractivity contribution is 5.77. The summed E-state index contributed by atoms with van der Waals surface area (Å²) < 4.78 is 0. The van der Waals surface area contributed by atoms with Crippen molar-refractivity contribution in [3.05, 3.63) is 102 Å². The van der Waals surface area contributed by atoms with Crippen LogP contribution in [0.5, 0.6) is 0 Å². The number of rotatable bonds is 7. The molecular weight excluding hydrogens is 370 g/mol. The molecule has 1 saturated heterocycles. The molecule has 3 aromatic rings. The van der Waals surface area contributed by atoms with Crippen molar-refractivity contribution < 1.29 is 4.79 Å². The second-order valence-electron chi connectivity index (χ2n) is 7.74. The van der Waals surface area contributed by atoms with Crippen molar-refractivity contribution >= 4 is 11.6 Å². The zero-order valence-electron chi connectivity index (χ0n) is 17.3. The largest absolute Gasteiger partial charge is 0.369 e. The fourth-order valence-corrected chi connectivity index (χ4v) is 4.01. The van der Waals surface area contributed by atoms with Crippen LogP contribution in [-0.2, 0) is 4.79 Å². The first-order valence-corrected chi connectivity index (χ1v) is 10.7. The zero-order chi connectivity index (χ0) is 20.6. The van der Waals surface area contributed by atoms with Crippen molar-refractivity contribution in [2.45, 2.75) is 12.5 Å². The Labute approximate surface area is 179 Å². The fraction of sp³-hybridized carbons (Fsp3) is 0.269. The predicted molar refractivity (Wildman–Crippen MR) is 123 cm³/mol. The Morgan fingerprint density at radius 1 is 0.733 bits per heavy atom. The summed E-state index contributed by atoms with van der Waals surface area (Å²) in [5, 5.41) is 3.25. The van der Waals surface area contributed by atoms with Gasteiger partial charge < -0.3 is 10.2 Å². The van der Waals surface area contributed by atoms with Gasteiger partial charge >= 0.3 is 0 Å². The molecule has 1 fully saturated rings. The van der Waals surface area contributed by atoms with Crippen LogP contribution in [0.2, 0.25) is 0 Å². The molecule has 1 aliphatic rings. The molecule has 154 valence electrons. The standard InChI is InChI=1S/C26H29N3O/c30-25(16-17-28-18-20-29(21-19-28)24-14-8-3-9-15-24)27-26(22-10-4-1-5-11-22)23-12-6-2-7-13-23/h1-15,26H,16-21H2,(H,27,30). The molecule has 3 aromatic carbocycles. The SMILES string of the molecule is O=C(CCN1CCN(c2ccccc2)CC1)NC(c1ccccc1)c1ccccc1. The van der Waals surface area contributed by atoms with Gasteiger partial charge in [-0.15, -0.1) is 0 Å². The predicted octanol–water partition coefficient (Wildman–Crippen LogP) is 4.10. The lowest BCUT2D eigenvalue weighted by molar-refractivity contribution is -0.121. The molecule has 1 amide bonds. The molecule has 4 nitrogen and oxygen atoms in total. The van der Waals surface area contributed by atoms with Gasteiger partial charge in [-0.2, -0.15) is 0 Å². The molecule has 0 bridgehead atoms. The molecule has 0 aromatic heterocycles. The van der Waals surface area contributed by atoms with Gasteiger partial charge in [-0.1, -0.05) is 78.9 Å². The van der Waals surface area contributed by atoms with E-state index in [0.29, 0.717) is 6.42 Å². The summed E-state index contributed by atoms with van der Waals surface area (Å²) in [7, 11) is 0. The van der Waals surface area contributed by atoms with Crippen molar-refractivity contribution in [2.24, 2.45) is 0 Å². The average Bonchev–Trinajstić information content (AvgIpc) is 2.83. The maximum atomic E-state index is 12.8. The minimum absolute atomic E-state index is 0.0956. The van der Waals surface area contributed by atoms with Crippen LogP contribution in [0.25, 0.3) is 0 Å². The lowest BCUT2D eigenvalue weighted by Gasteiger charge is -2.36. The molecular formula is C26H29N3O. The normalized spacial score (nSPS) is 14.6. The Balaban J connectivity index is 1.30. The summed E-state index contributed by atoms with van der Waals surface area (Å²) in [6.45, 7) is 4.78. The Morgan fingerprint density at radius 3 is 1.77 bits per heavy atom. The molecule has 0 aliphatic carbocycles. The van der Waals surface area contributed by atoms with Crippen molar-refractivity contribution in [2.75, 3.05) is 37.6 Å². The fourth-order valence-electron chi connectivity index (χ4n) is 4.01. The first-order chi connectivity index (χ1) is 14.8. The molecule has 4 heteroatoms. The highest BCUT2D eigenvalue weighted by atomic mass is 16.1. The highest BCUT2D eigenvalue weighted by Crippen LogP contribution is 2.22. The van der Waals surface area contributed by atoms with E-state index < -0.39 is 0 Å². The first-order valence-electron chi connectivity index (χ1n) is 10.7. The van der Waals surface area contributed by atoms with Gasteiger partial charge in [0.2, 0.25) is 5.91 Å². The van der Waals surface area contributed by atoms with Crippen LogP contribution in [0.4, 0.5) is 5.69 Å². The van der Waals surface area contributed by atoms with E-state index in [4.69, 9.17) is 0 Å². The minimum Gasteiger partial charge on any atom is -0.369 e. The minimum atomic E-state index is -0.116. The number of piperazine rings is 1. The summed E-state index contributed by atoms with van der Waals surface area (Å²) in [6.07, 6.45) is 0.515. The van der Waals surface area contributed by atoms with E-state index in [-0.39, 0.29) is 11.9 Å². The Hall–Kier alpha value is -3.11. The maximum absolute atomic E-state index is 12.8. The smallest absolute Gasteiger partial charge is 0.222 e. The molecule has 30 heavy (non-hydrogen) atoms. The Kier molecular flexibility index (Phi) is 6.78. The van der Waals surface area contributed by atoms with Crippen molar-refractivity contribution in [3.8, 4) is 0 Å². The van der Waals surface area contributed by atoms with Crippen LogP contribution in [-0.4, -0.2) is 43.5 Å². The molecule has 0 radical (unpaired) electrons. The number of carbonyl (C=O) groups is 1. The third kappa shape index (κ3) is 5.28. The van der Waals surface area contributed by atoms with Crippen LogP contribution in [0, 0.1) is 0 Å². The number of anilines is 1. The van der Waals surface area contributed by atoms with Crippen molar-refractivity contribution in [1.29, 1.82) is 0 Å². The second kappa shape index (κ2) is 10.1. The van der Waals surface area contributed by atoms with Crippen LogP contribution < -0.4 is 10.2 Å². The van der Waals surface area contributed by atoms with Gasteiger partial charge in [0, 0.05) is 44.8 Å². The quantitative estimate of drug-likeness (QED) is 0.650. The van der Waals surface area contributed by atoms with E-state index in [1.54, 1.807) is 0 Å². The Morgan fingerprint density at radius 2 is 1.23 bits per heavy atom. The van der Waals surface area contributed by atoms with Crippen LogP contribution in [0.3, 0.4) is 0 Å². The Bertz CT molecular complexity index is 867. The monoisotopic (exact) mass is 399 g/mol. The van der Waals surface area contributed by atoms with Gasteiger partial charge in [0.05, 0.1) is 6.04 Å². The van der Waals surface area contributed by atoms with Gasteiger partial charge in [-0.25, -0.2) is 0 Å². The van der Waals surface area contributed by atoms with Gasteiger partial charge in [-0.3, -0.25) is 9.69 Å². The molecule has 0 unspecified atom stereocenters. The number of benzene rings is 3. The van der Waals surface area contributed by atoms with Crippen molar-refractivity contribution in [3.63, 3.8) is 0 Å². The number of amides is 1. The van der Waals surface area contributed by atoms with Crippen molar-refractivity contribution in [1.82, 2.24) is 10.2 Å². The topological polar surface area (TPSA) is 35.6 Å². The van der Waals surface area contributed by atoms with Gasteiger partial charge in [0.1, 0.15) is 0 Å². The number of hydrogen-bond acceptors (Lipinski definition) is 3. The summed E-state index contributed by atoms with van der Waals surface area (Å²) in [4.78, 5) is 17.6. The third-order valence-corrected chi connectivity index (χ3v) is 5.72. The molecule has 1 N–H and O–H groups in total. The number of carbonyl (C=O) groups excluding carboxylic acids is 1.